The van der Waals surface area contributed by atoms with E-state index in [-0.39, 0.29) is 12.8 Å². The molecule has 0 bridgehead atoms. The predicted molar refractivity (Wildman–Crippen MR) is 111 cm³/mol. The molecule has 2 aromatic carbocycles. The molecule has 0 fully saturated rings. The maximum absolute atomic E-state index is 12.5. The molecule has 2 amide bonds. The Morgan fingerprint density at radius 2 is 1.86 bits per heavy atom. The Hall–Kier alpha value is -2.97. The van der Waals surface area contributed by atoms with E-state index in [4.69, 9.17) is 0 Å². The lowest BCUT2D eigenvalue weighted by atomic mass is 9.75. The van der Waals surface area contributed by atoms with Crippen LogP contribution in [0.15, 0.2) is 60.9 Å². The van der Waals surface area contributed by atoms with Crippen molar-refractivity contribution in [2.75, 3.05) is 11.4 Å². The lowest BCUT2D eigenvalue weighted by Gasteiger charge is -2.24. The highest BCUT2D eigenvalue weighted by Crippen LogP contribution is 2.15. The van der Waals surface area contributed by atoms with Gasteiger partial charge in [0.25, 0.3) is 5.91 Å². The molecule has 2 aromatic rings. The average Bonchev–Trinajstić information content (AvgIpc) is 2.68. The molecule has 2 rings (SSSR count). The van der Waals surface area contributed by atoms with Crippen LogP contribution in [0.4, 0.5) is 10.1 Å². The summed E-state index contributed by atoms with van der Waals surface area (Å²) in [7, 11) is -1.79. The van der Waals surface area contributed by atoms with E-state index < -0.39 is 31.4 Å². The van der Waals surface area contributed by atoms with Crippen LogP contribution in [0.25, 0.3) is 0 Å². The topological polar surface area (TPSA) is 89.9 Å². The second-order valence-corrected chi connectivity index (χ2v) is 6.77. The SMILES string of the molecule is Cc1ccc(C[C@H](NC(=O)CN(C(=O)C=CF)c2ccccc2)B(O)O)c(C)c1. The molecule has 0 aromatic heterocycles. The summed E-state index contributed by atoms with van der Waals surface area (Å²) in [5.41, 5.74) is 3.33. The highest BCUT2D eigenvalue weighted by atomic mass is 19.1. The summed E-state index contributed by atoms with van der Waals surface area (Å²) in [5.74, 6) is -2.27. The van der Waals surface area contributed by atoms with Crippen LogP contribution in [0.3, 0.4) is 0 Å². The third-order valence-corrected chi connectivity index (χ3v) is 4.49. The fraction of sp³-hybridized carbons (Fsp3) is 0.238. The maximum Gasteiger partial charge on any atom is 0.475 e. The third-order valence-electron chi connectivity index (χ3n) is 4.49. The van der Waals surface area contributed by atoms with Gasteiger partial charge in [-0.1, -0.05) is 42.0 Å². The zero-order chi connectivity index (χ0) is 21.4. The highest BCUT2D eigenvalue weighted by Gasteiger charge is 2.27. The van der Waals surface area contributed by atoms with Crippen molar-refractivity contribution < 1.29 is 24.0 Å². The monoisotopic (exact) mass is 398 g/mol. The molecule has 0 aliphatic rings. The van der Waals surface area contributed by atoms with Gasteiger partial charge in [0.2, 0.25) is 5.91 Å². The first-order valence-electron chi connectivity index (χ1n) is 9.16. The van der Waals surface area contributed by atoms with Gasteiger partial charge in [0.05, 0.1) is 12.3 Å². The second kappa shape index (κ2) is 10.5. The summed E-state index contributed by atoms with van der Waals surface area (Å²) in [6.45, 7) is 3.46. The number of para-hydroxylation sites is 1. The standard InChI is InChI=1S/C21H24BFN2O4/c1-15-8-9-17(16(2)12-15)13-19(22(28)29)24-20(26)14-25(21(27)10-11-23)18-6-4-3-5-7-18/h3-12,19,28-29H,13-14H2,1-2H3,(H,24,26)/t19-/m0/s1. The van der Waals surface area contributed by atoms with E-state index >= 15 is 0 Å². The maximum atomic E-state index is 12.5. The first kappa shape index (κ1) is 22.3. The summed E-state index contributed by atoms with van der Waals surface area (Å²) in [5, 5.41) is 22.0. The van der Waals surface area contributed by atoms with E-state index in [1.54, 1.807) is 30.3 Å². The Kier molecular flexibility index (Phi) is 8.12. The van der Waals surface area contributed by atoms with Crippen molar-refractivity contribution in [1.29, 1.82) is 0 Å². The van der Waals surface area contributed by atoms with E-state index in [0.717, 1.165) is 21.6 Å². The van der Waals surface area contributed by atoms with Gasteiger partial charge in [-0.15, -0.1) is 0 Å². The number of hydrogen-bond donors (Lipinski definition) is 3. The first-order valence-corrected chi connectivity index (χ1v) is 9.16. The Morgan fingerprint density at radius 1 is 1.17 bits per heavy atom. The number of nitrogens with one attached hydrogen (secondary N) is 1. The number of amides is 2. The summed E-state index contributed by atoms with van der Waals surface area (Å²) in [4.78, 5) is 25.8. The third kappa shape index (κ3) is 6.55. The van der Waals surface area contributed by atoms with Gasteiger partial charge in [0.15, 0.2) is 0 Å². The van der Waals surface area contributed by atoms with E-state index in [2.05, 4.69) is 5.32 Å². The molecule has 29 heavy (non-hydrogen) atoms. The number of aryl methyl sites for hydroxylation is 2. The number of carbonyl (C=O) groups excluding carboxylic acids is 2. The molecule has 0 saturated carbocycles. The normalized spacial score (nSPS) is 11.9. The average molecular weight is 398 g/mol. The number of hydrogen-bond acceptors (Lipinski definition) is 4. The molecule has 0 unspecified atom stereocenters. The van der Waals surface area contributed by atoms with Gasteiger partial charge < -0.3 is 15.4 Å². The number of benzene rings is 2. The molecule has 6 nitrogen and oxygen atoms in total. The van der Waals surface area contributed by atoms with Crippen LogP contribution in [0, 0.1) is 13.8 Å². The fourth-order valence-corrected chi connectivity index (χ4v) is 2.99. The zero-order valence-electron chi connectivity index (χ0n) is 16.4. The lowest BCUT2D eigenvalue weighted by Crippen LogP contribution is -2.51. The van der Waals surface area contributed by atoms with Crippen molar-refractivity contribution in [1.82, 2.24) is 5.32 Å². The Labute approximate surface area is 169 Å². The fourth-order valence-electron chi connectivity index (χ4n) is 2.99. The molecule has 152 valence electrons. The molecule has 0 aliphatic carbocycles. The van der Waals surface area contributed by atoms with Crippen LogP contribution in [-0.2, 0) is 16.0 Å². The quantitative estimate of drug-likeness (QED) is 0.468. The van der Waals surface area contributed by atoms with Gasteiger partial charge in [0.1, 0.15) is 6.54 Å². The van der Waals surface area contributed by atoms with Crippen molar-refractivity contribution >= 4 is 24.6 Å². The van der Waals surface area contributed by atoms with E-state index in [1.165, 1.54) is 0 Å². The number of nitrogens with zero attached hydrogens (tertiary/aromatic N) is 1. The van der Waals surface area contributed by atoms with Crippen LogP contribution >= 0.6 is 0 Å². The van der Waals surface area contributed by atoms with Crippen molar-refractivity contribution in [3.05, 3.63) is 77.6 Å². The predicted octanol–water partition coefficient (Wildman–Crippen LogP) is 1.86. The Morgan fingerprint density at radius 3 is 2.45 bits per heavy atom. The summed E-state index contributed by atoms with van der Waals surface area (Å²) < 4.78 is 12.5. The van der Waals surface area contributed by atoms with Gasteiger partial charge in [0, 0.05) is 11.8 Å². The van der Waals surface area contributed by atoms with Crippen LogP contribution in [0.2, 0.25) is 0 Å². The molecular weight excluding hydrogens is 374 g/mol. The van der Waals surface area contributed by atoms with Gasteiger partial charge in [-0.05, 0) is 43.5 Å². The van der Waals surface area contributed by atoms with Crippen LogP contribution in [-0.4, -0.2) is 41.5 Å². The molecule has 0 spiro atoms. The lowest BCUT2D eigenvalue weighted by molar-refractivity contribution is -0.122. The van der Waals surface area contributed by atoms with Crippen molar-refractivity contribution in [3.8, 4) is 0 Å². The number of rotatable bonds is 8. The number of halogens is 1. The number of carbonyl (C=O) groups is 2. The van der Waals surface area contributed by atoms with Crippen molar-refractivity contribution in [3.63, 3.8) is 0 Å². The van der Waals surface area contributed by atoms with Crippen LogP contribution in [0.5, 0.6) is 0 Å². The minimum atomic E-state index is -1.79. The molecule has 8 heteroatoms. The molecule has 3 N–H and O–H groups in total. The molecule has 0 saturated heterocycles. The van der Waals surface area contributed by atoms with Gasteiger partial charge in [-0.3, -0.25) is 14.5 Å². The van der Waals surface area contributed by atoms with Crippen LogP contribution in [0.1, 0.15) is 16.7 Å². The minimum absolute atomic E-state index is 0.108. The Balaban J connectivity index is 2.14. The van der Waals surface area contributed by atoms with Crippen molar-refractivity contribution in [2.24, 2.45) is 0 Å². The van der Waals surface area contributed by atoms with Gasteiger partial charge in [-0.2, -0.15) is 0 Å². The van der Waals surface area contributed by atoms with Gasteiger partial charge >= 0.3 is 7.12 Å². The molecule has 1 atom stereocenters. The smallest absolute Gasteiger partial charge is 0.426 e. The summed E-state index contributed by atoms with van der Waals surface area (Å²) in [6.07, 6.45) is 1.03. The number of anilines is 1. The largest absolute Gasteiger partial charge is 0.475 e. The molecule has 0 aliphatic heterocycles. The van der Waals surface area contributed by atoms with Crippen molar-refractivity contribution in [2.45, 2.75) is 26.2 Å². The van der Waals surface area contributed by atoms with E-state index in [9.17, 15) is 24.0 Å². The molecule has 0 heterocycles. The van der Waals surface area contributed by atoms with E-state index in [0.29, 0.717) is 11.8 Å². The second-order valence-electron chi connectivity index (χ2n) is 6.77. The highest BCUT2D eigenvalue weighted by molar-refractivity contribution is 6.43. The van der Waals surface area contributed by atoms with Crippen LogP contribution < -0.4 is 10.2 Å². The minimum Gasteiger partial charge on any atom is -0.426 e. The van der Waals surface area contributed by atoms with Gasteiger partial charge in [-0.25, -0.2) is 4.39 Å². The first-order chi connectivity index (χ1) is 13.8. The Bertz CT molecular complexity index is 874. The molecule has 0 radical (unpaired) electrons. The zero-order valence-corrected chi connectivity index (χ0v) is 16.4. The summed E-state index contributed by atoms with van der Waals surface area (Å²) in [6, 6.07) is 14.1. The molecular formula is C21H24BFN2O4. The summed E-state index contributed by atoms with van der Waals surface area (Å²) >= 11 is 0. The van der Waals surface area contributed by atoms with E-state index in [1.807, 2.05) is 32.0 Å².